The summed E-state index contributed by atoms with van der Waals surface area (Å²) in [7, 11) is 0. The van der Waals surface area contributed by atoms with E-state index in [-0.39, 0.29) is 0 Å². The molecule has 0 radical (unpaired) electrons. The summed E-state index contributed by atoms with van der Waals surface area (Å²) < 4.78 is 0. The first-order chi connectivity index (χ1) is 7.38. The molecule has 0 unspecified atom stereocenters. The Bertz CT molecular complexity index is 410. The van der Waals surface area contributed by atoms with Crippen molar-refractivity contribution < 1.29 is 0 Å². The Balaban J connectivity index is 2.03. The van der Waals surface area contributed by atoms with Crippen molar-refractivity contribution in [2.75, 3.05) is 0 Å². The summed E-state index contributed by atoms with van der Waals surface area (Å²) in [6.07, 6.45) is 8.43. The maximum absolute atomic E-state index is 4.51. The summed E-state index contributed by atoms with van der Waals surface area (Å²) in [6, 6.07) is 10.3. The van der Waals surface area contributed by atoms with Crippen LogP contribution < -0.4 is 0 Å². The predicted molar refractivity (Wildman–Crippen MR) is 65.9 cm³/mol. The largest absolute Gasteiger partial charge is 0.258 e. The summed E-state index contributed by atoms with van der Waals surface area (Å²) in [6.45, 7) is 2.14. The van der Waals surface area contributed by atoms with Crippen LogP contribution >= 0.6 is 0 Å². The van der Waals surface area contributed by atoms with Gasteiger partial charge in [0.05, 0.1) is 0 Å². The van der Waals surface area contributed by atoms with Gasteiger partial charge in [-0.1, -0.05) is 49.4 Å². The minimum atomic E-state index is 0.979. The minimum absolute atomic E-state index is 0.979. The molecule has 0 aliphatic carbocycles. The van der Waals surface area contributed by atoms with Crippen molar-refractivity contribution in [3.05, 3.63) is 53.7 Å². The van der Waals surface area contributed by atoms with Gasteiger partial charge in [-0.2, -0.15) is 0 Å². The summed E-state index contributed by atoms with van der Waals surface area (Å²) >= 11 is 0. The molecule has 1 aliphatic rings. The van der Waals surface area contributed by atoms with E-state index in [0.717, 1.165) is 18.6 Å². The lowest BCUT2D eigenvalue weighted by Gasteiger charge is -1.92. The zero-order chi connectivity index (χ0) is 10.5. The molecule has 0 bridgehead atoms. The zero-order valence-electron chi connectivity index (χ0n) is 8.98. The lowest BCUT2D eigenvalue weighted by atomic mass is 10.2. The van der Waals surface area contributed by atoms with E-state index in [0.29, 0.717) is 0 Å². The van der Waals surface area contributed by atoms with Crippen molar-refractivity contribution in [3.63, 3.8) is 0 Å². The molecule has 0 N–H and O–H groups in total. The molecule has 1 heteroatoms. The maximum Gasteiger partial charge on any atom is 0.0445 e. The van der Waals surface area contributed by atoms with Crippen LogP contribution in [0.4, 0.5) is 0 Å². The molecular weight excluding hydrogens is 182 g/mol. The molecule has 0 aromatic heterocycles. The highest BCUT2D eigenvalue weighted by Gasteiger charge is 2.02. The fourth-order valence-corrected chi connectivity index (χ4v) is 1.58. The van der Waals surface area contributed by atoms with E-state index in [1.807, 2.05) is 18.2 Å². The third-order valence-corrected chi connectivity index (χ3v) is 2.46. The molecule has 1 heterocycles. The van der Waals surface area contributed by atoms with Gasteiger partial charge in [0.25, 0.3) is 0 Å². The van der Waals surface area contributed by atoms with Crippen LogP contribution in [0, 0.1) is 0 Å². The monoisotopic (exact) mass is 197 g/mol. The van der Waals surface area contributed by atoms with Gasteiger partial charge < -0.3 is 0 Å². The Morgan fingerprint density at radius 2 is 2.00 bits per heavy atom. The number of benzene rings is 1. The van der Waals surface area contributed by atoms with Gasteiger partial charge in [0, 0.05) is 17.8 Å². The van der Waals surface area contributed by atoms with Crippen molar-refractivity contribution >= 4 is 11.8 Å². The average Bonchev–Trinajstić information content (AvgIpc) is 2.76. The Morgan fingerprint density at radius 1 is 1.20 bits per heavy atom. The summed E-state index contributed by atoms with van der Waals surface area (Å²) in [5.41, 5.74) is 3.60. The molecule has 1 aromatic rings. The quantitative estimate of drug-likeness (QED) is 0.698. The van der Waals surface area contributed by atoms with Crippen molar-refractivity contribution in [2.45, 2.75) is 19.8 Å². The van der Waals surface area contributed by atoms with Crippen LogP contribution in [0.25, 0.3) is 6.08 Å². The van der Waals surface area contributed by atoms with Crippen LogP contribution in [0.15, 0.2) is 53.2 Å². The number of hydrogen-bond donors (Lipinski definition) is 0. The zero-order valence-corrected chi connectivity index (χ0v) is 8.98. The standard InChI is InChI=1S/C14H15N/c1-2-13-10-11-14(15-13)9-8-12-6-4-3-5-7-12/h3-10H,2,11H2,1H3. The first kappa shape index (κ1) is 9.91. The Morgan fingerprint density at radius 3 is 2.67 bits per heavy atom. The third-order valence-electron chi connectivity index (χ3n) is 2.46. The highest BCUT2D eigenvalue weighted by atomic mass is 14.8. The van der Waals surface area contributed by atoms with Gasteiger partial charge in [0.2, 0.25) is 0 Å². The second kappa shape index (κ2) is 4.74. The van der Waals surface area contributed by atoms with Gasteiger partial charge in [0.15, 0.2) is 0 Å². The van der Waals surface area contributed by atoms with Crippen molar-refractivity contribution in [1.82, 2.24) is 0 Å². The van der Waals surface area contributed by atoms with E-state index in [9.17, 15) is 0 Å². The number of allylic oxidation sites excluding steroid dienone is 3. The molecule has 1 aliphatic heterocycles. The van der Waals surface area contributed by atoms with Crippen LogP contribution in [0.5, 0.6) is 0 Å². The normalized spacial score (nSPS) is 15.5. The highest BCUT2D eigenvalue weighted by Crippen LogP contribution is 2.14. The Kier molecular flexibility index (Phi) is 3.13. The molecule has 2 rings (SSSR count). The smallest absolute Gasteiger partial charge is 0.0445 e. The summed E-state index contributed by atoms with van der Waals surface area (Å²) in [5.74, 6) is 0. The van der Waals surface area contributed by atoms with Crippen LogP contribution in [-0.2, 0) is 0 Å². The van der Waals surface area contributed by atoms with Crippen LogP contribution in [0.3, 0.4) is 0 Å². The van der Waals surface area contributed by atoms with Crippen molar-refractivity contribution in [2.24, 2.45) is 4.99 Å². The van der Waals surface area contributed by atoms with Gasteiger partial charge in [-0.05, 0) is 18.1 Å². The van der Waals surface area contributed by atoms with Crippen LogP contribution in [-0.4, -0.2) is 5.71 Å². The number of rotatable bonds is 3. The van der Waals surface area contributed by atoms with E-state index in [1.54, 1.807) is 0 Å². The van der Waals surface area contributed by atoms with E-state index in [2.05, 4.69) is 42.3 Å². The molecule has 0 atom stereocenters. The molecule has 1 nitrogen and oxygen atoms in total. The molecule has 0 amide bonds. The molecule has 15 heavy (non-hydrogen) atoms. The fourth-order valence-electron chi connectivity index (χ4n) is 1.58. The van der Waals surface area contributed by atoms with Gasteiger partial charge in [0.1, 0.15) is 0 Å². The lowest BCUT2D eigenvalue weighted by Crippen LogP contribution is -1.85. The van der Waals surface area contributed by atoms with E-state index in [4.69, 9.17) is 0 Å². The fraction of sp³-hybridized carbons (Fsp3) is 0.214. The number of hydrogen-bond acceptors (Lipinski definition) is 1. The second-order valence-electron chi connectivity index (χ2n) is 3.60. The molecular formula is C14H15N. The van der Waals surface area contributed by atoms with E-state index in [1.165, 1.54) is 11.3 Å². The maximum atomic E-state index is 4.51. The van der Waals surface area contributed by atoms with Gasteiger partial charge in [-0.25, -0.2) is 0 Å². The van der Waals surface area contributed by atoms with Gasteiger partial charge in [-0.3, -0.25) is 4.99 Å². The molecule has 0 fully saturated rings. The molecule has 76 valence electrons. The molecule has 0 spiro atoms. The first-order valence-electron chi connectivity index (χ1n) is 5.38. The number of aliphatic imine (C=N–C) groups is 1. The minimum Gasteiger partial charge on any atom is -0.258 e. The van der Waals surface area contributed by atoms with E-state index >= 15 is 0 Å². The van der Waals surface area contributed by atoms with Gasteiger partial charge >= 0.3 is 0 Å². The highest BCUT2D eigenvalue weighted by molar-refractivity contribution is 6.01. The lowest BCUT2D eigenvalue weighted by molar-refractivity contribution is 1.08. The topological polar surface area (TPSA) is 12.4 Å². The van der Waals surface area contributed by atoms with Gasteiger partial charge in [-0.15, -0.1) is 0 Å². The number of nitrogens with zero attached hydrogens (tertiary/aromatic N) is 1. The van der Waals surface area contributed by atoms with Crippen LogP contribution in [0.1, 0.15) is 25.3 Å². The molecule has 0 saturated carbocycles. The second-order valence-corrected chi connectivity index (χ2v) is 3.60. The Hall–Kier alpha value is -1.63. The van der Waals surface area contributed by atoms with E-state index < -0.39 is 0 Å². The predicted octanol–water partition coefficient (Wildman–Crippen LogP) is 3.84. The summed E-state index contributed by atoms with van der Waals surface area (Å²) in [4.78, 5) is 4.51. The Labute approximate surface area is 90.9 Å². The molecule has 1 aromatic carbocycles. The summed E-state index contributed by atoms with van der Waals surface area (Å²) in [5, 5.41) is 0. The van der Waals surface area contributed by atoms with Crippen LogP contribution in [0.2, 0.25) is 0 Å². The first-order valence-corrected chi connectivity index (χ1v) is 5.38. The molecule has 0 saturated heterocycles. The van der Waals surface area contributed by atoms with Crippen molar-refractivity contribution in [1.29, 1.82) is 0 Å². The third kappa shape index (κ3) is 2.66. The van der Waals surface area contributed by atoms with Crippen molar-refractivity contribution in [3.8, 4) is 0 Å². The average molecular weight is 197 g/mol. The SMILES string of the molecule is CCC1=CCC(C=Cc2ccccc2)=N1.